The molecule has 0 amide bonds. The molecule has 1 aliphatic rings. The standard InChI is InChI=1S/C17H30N4/c1-4-10-18-16-15(13(2)3)17(21-12-20-16)19-11-9-14-7-5-6-8-14/h12-14H,4-11H2,1-3H3,(H2,18,19,20,21). The smallest absolute Gasteiger partial charge is 0.134 e. The van der Waals surface area contributed by atoms with Gasteiger partial charge in [0.05, 0.1) is 0 Å². The molecule has 1 aliphatic carbocycles. The first-order valence-corrected chi connectivity index (χ1v) is 8.55. The Morgan fingerprint density at radius 2 is 1.71 bits per heavy atom. The summed E-state index contributed by atoms with van der Waals surface area (Å²) in [7, 11) is 0. The predicted molar refractivity (Wildman–Crippen MR) is 90.0 cm³/mol. The Hall–Kier alpha value is -1.32. The summed E-state index contributed by atoms with van der Waals surface area (Å²) in [6.07, 6.45) is 9.69. The van der Waals surface area contributed by atoms with Crippen LogP contribution in [0, 0.1) is 5.92 Å². The zero-order chi connectivity index (χ0) is 15.1. The van der Waals surface area contributed by atoms with Crippen LogP contribution in [0.25, 0.3) is 0 Å². The van der Waals surface area contributed by atoms with E-state index in [-0.39, 0.29) is 0 Å². The first-order valence-electron chi connectivity index (χ1n) is 8.55. The molecule has 2 N–H and O–H groups in total. The van der Waals surface area contributed by atoms with Gasteiger partial charge < -0.3 is 10.6 Å². The number of anilines is 2. The van der Waals surface area contributed by atoms with E-state index < -0.39 is 0 Å². The lowest BCUT2D eigenvalue weighted by molar-refractivity contribution is 0.518. The molecule has 0 atom stereocenters. The van der Waals surface area contributed by atoms with Gasteiger partial charge in [0.1, 0.15) is 18.0 Å². The topological polar surface area (TPSA) is 49.8 Å². The highest BCUT2D eigenvalue weighted by molar-refractivity contribution is 5.58. The van der Waals surface area contributed by atoms with Crippen molar-refractivity contribution < 1.29 is 0 Å². The lowest BCUT2D eigenvalue weighted by Gasteiger charge is -2.18. The third-order valence-electron chi connectivity index (χ3n) is 4.32. The lowest BCUT2D eigenvalue weighted by Crippen LogP contribution is -2.13. The van der Waals surface area contributed by atoms with Gasteiger partial charge in [-0.2, -0.15) is 0 Å². The van der Waals surface area contributed by atoms with E-state index >= 15 is 0 Å². The maximum Gasteiger partial charge on any atom is 0.134 e. The molecule has 118 valence electrons. The molecule has 4 heteroatoms. The van der Waals surface area contributed by atoms with E-state index in [0.29, 0.717) is 5.92 Å². The molecule has 0 unspecified atom stereocenters. The molecule has 1 fully saturated rings. The van der Waals surface area contributed by atoms with Gasteiger partial charge in [-0.15, -0.1) is 0 Å². The summed E-state index contributed by atoms with van der Waals surface area (Å²) in [6, 6.07) is 0. The fraction of sp³-hybridized carbons (Fsp3) is 0.765. The monoisotopic (exact) mass is 290 g/mol. The second-order valence-electron chi connectivity index (χ2n) is 6.43. The zero-order valence-corrected chi connectivity index (χ0v) is 13.8. The molecule has 0 aromatic carbocycles. The molecule has 1 aromatic rings. The van der Waals surface area contributed by atoms with Crippen LogP contribution in [-0.2, 0) is 0 Å². The minimum atomic E-state index is 0.416. The third kappa shape index (κ3) is 4.58. The van der Waals surface area contributed by atoms with Crippen molar-refractivity contribution in [3.8, 4) is 0 Å². The van der Waals surface area contributed by atoms with E-state index in [0.717, 1.165) is 37.1 Å². The van der Waals surface area contributed by atoms with Crippen LogP contribution < -0.4 is 10.6 Å². The van der Waals surface area contributed by atoms with E-state index in [1.54, 1.807) is 6.33 Å². The van der Waals surface area contributed by atoms with Crippen LogP contribution in [0.3, 0.4) is 0 Å². The Morgan fingerprint density at radius 3 is 2.29 bits per heavy atom. The van der Waals surface area contributed by atoms with Crippen molar-refractivity contribution in [3.63, 3.8) is 0 Å². The van der Waals surface area contributed by atoms with Crippen LogP contribution in [0.5, 0.6) is 0 Å². The summed E-state index contributed by atoms with van der Waals surface area (Å²) in [5.41, 5.74) is 1.22. The maximum absolute atomic E-state index is 4.47. The quantitative estimate of drug-likeness (QED) is 0.744. The summed E-state index contributed by atoms with van der Waals surface area (Å²) in [5, 5.41) is 6.97. The average molecular weight is 290 g/mol. The SMILES string of the molecule is CCCNc1ncnc(NCCC2CCCC2)c1C(C)C. The minimum Gasteiger partial charge on any atom is -0.370 e. The normalized spacial score (nSPS) is 15.6. The molecular weight excluding hydrogens is 260 g/mol. The Bertz CT molecular complexity index is 425. The van der Waals surface area contributed by atoms with Gasteiger partial charge in [-0.05, 0) is 24.7 Å². The largest absolute Gasteiger partial charge is 0.370 e. The molecule has 2 rings (SSSR count). The van der Waals surface area contributed by atoms with E-state index in [2.05, 4.69) is 41.4 Å². The molecule has 0 radical (unpaired) electrons. The Labute approximate surface area is 129 Å². The molecule has 1 heterocycles. The van der Waals surface area contributed by atoms with Crippen LogP contribution >= 0.6 is 0 Å². The summed E-state index contributed by atoms with van der Waals surface area (Å²) in [6.45, 7) is 8.56. The zero-order valence-electron chi connectivity index (χ0n) is 13.8. The van der Waals surface area contributed by atoms with Gasteiger partial charge in [0.2, 0.25) is 0 Å². The van der Waals surface area contributed by atoms with E-state index in [1.165, 1.54) is 37.7 Å². The van der Waals surface area contributed by atoms with Gasteiger partial charge in [-0.25, -0.2) is 9.97 Å². The summed E-state index contributed by atoms with van der Waals surface area (Å²) < 4.78 is 0. The molecule has 0 bridgehead atoms. The molecule has 21 heavy (non-hydrogen) atoms. The first kappa shape index (κ1) is 16.1. The molecule has 1 saturated carbocycles. The van der Waals surface area contributed by atoms with Gasteiger partial charge in [-0.1, -0.05) is 46.5 Å². The van der Waals surface area contributed by atoms with Crippen molar-refractivity contribution >= 4 is 11.6 Å². The fourth-order valence-electron chi connectivity index (χ4n) is 3.16. The fourth-order valence-corrected chi connectivity index (χ4v) is 3.16. The maximum atomic E-state index is 4.47. The molecule has 0 spiro atoms. The Morgan fingerprint density at radius 1 is 1.10 bits per heavy atom. The number of hydrogen-bond donors (Lipinski definition) is 2. The average Bonchev–Trinajstić information content (AvgIpc) is 2.98. The highest BCUT2D eigenvalue weighted by Crippen LogP contribution is 2.30. The number of aromatic nitrogens is 2. The van der Waals surface area contributed by atoms with Gasteiger partial charge in [0.15, 0.2) is 0 Å². The summed E-state index contributed by atoms with van der Waals surface area (Å²) in [5.74, 6) is 3.33. The second kappa shape index (κ2) is 8.20. The van der Waals surface area contributed by atoms with Crippen LogP contribution in [0.15, 0.2) is 6.33 Å². The number of rotatable bonds is 8. The van der Waals surface area contributed by atoms with Crippen molar-refractivity contribution in [1.29, 1.82) is 0 Å². The second-order valence-corrected chi connectivity index (χ2v) is 6.43. The molecule has 0 aliphatic heterocycles. The van der Waals surface area contributed by atoms with Crippen molar-refractivity contribution in [2.24, 2.45) is 5.92 Å². The first-order chi connectivity index (χ1) is 10.2. The Balaban J connectivity index is 1.99. The highest BCUT2D eigenvalue weighted by atomic mass is 15.1. The third-order valence-corrected chi connectivity index (χ3v) is 4.32. The van der Waals surface area contributed by atoms with Gasteiger partial charge in [0, 0.05) is 18.7 Å². The van der Waals surface area contributed by atoms with Crippen LogP contribution in [0.4, 0.5) is 11.6 Å². The van der Waals surface area contributed by atoms with Gasteiger partial charge >= 0.3 is 0 Å². The van der Waals surface area contributed by atoms with Crippen molar-refractivity contribution in [3.05, 3.63) is 11.9 Å². The summed E-state index contributed by atoms with van der Waals surface area (Å²) in [4.78, 5) is 8.89. The summed E-state index contributed by atoms with van der Waals surface area (Å²) >= 11 is 0. The molecular formula is C17H30N4. The van der Waals surface area contributed by atoms with E-state index in [4.69, 9.17) is 0 Å². The lowest BCUT2D eigenvalue weighted by atomic mass is 10.0. The molecule has 1 aromatic heterocycles. The van der Waals surface area contributed by atoms with E-state index in [1.807, 2.05) is 0 Å². The Kier molecular flexibility index (Phi) is 6.27. The van der Waals surface area contributed by atoms with Crippen molar-refractivity contribution in [2.75, 3.05) is 23.7 Å². The van der Waals surface area contributed by atoms with Crippen molar-refractivity contribution in [2.45, 2.75) is 65.2 Å². The predicted octanol–water partition coefficient (Wildman–Crippen LogP) is 4.41. The number of nitrogens with zero attached hydrogens (tertiary/aromatic N) is 2. The van der Waals surface area contributed by atoms with Crippen LogP contribution in [0.2, 0.25) is 0 Å². The highest BCUT2D eigenvalue weighted by Gasteiger charge is 2.17. The number of hydrogen-bond acceptors (Lipinski definition) is 4. The molecule has 0 saturated heterocycles. The van der Waals surface area contributed by atoms with Gasteiger partial charge in [-0.3, -0.25) is 0 Å². The van der Waals surface area contributed by atoms with E-state index in [9.17, 15) is 0 Å². The van der Waals surface area contributed by atoms with Gasteiger partial charge in [0.25, 0.3) is 0 Å². The van der Waals surface area contributed by atoms with Crippen molar-refractivity contribution in [1.82, 2.24) is 9.97 Å². The number of nitrogens with one attached hydrogen (secondary N) is 2. The van der Waals surface area contributed by atoms with Crippen LogP contribution in [-0.4, -0.2) is 23.1 Å². The molecule has 4 nitrogen and oxygen atoms in total. The van der Waals surface area contributed by atoms with Crippen LogP contribution in [0.1, 0.15) is 70.8 Å². The minimum absolute atomic E-state index is 0.416.